The Morgan fingerprint density at radius 3 is 1.19 bits per heavy atom. The number of nitrogens with two attached hydrogens (primary N) is 2. The van der Waals surface area contributed by atoms with Crippen molar-refractivity contribution in [1.82, 2.24) is 0 Å². The molecule has 7 heteroatoms. The van der Waals surface area contributed by atoms with Crippen LogP contribution in [-0.4, -0.2) is 48.1 Å². The quantitative estimate of drug-likeness (QED) is 0.636. The Hall–Kier alpha value is -0.920. The standard InChI is InChI=1S/2C7H7NOS.Ca.2H/c2*8-7(10)9-6-4-2-1-3-5-6;;;/h2*1-5H,(H2,8,10);;;. The van der Waals surface area contributed by atoms with Crippen LogP contribution in [0.3, 0.4) is 0 Å². The molecule has 0 fully saturated rings. The van der Waals surface area contributed by atoms with Gasteiger partial charge in [0.05, 0.1) is 0 Å². The Morgan fingerprint density at radius 1 is 0.667 bits per heavy atom. The van der Waals surface area contributed by atoms with Gasteiger partial charge in [-0.1, -0.05) is 36.4 Å². The number of para-hydroxylation sites is 2. The van der Waals surface area contributed by atoms with E-state index < -0.39 is 0 Å². The molecule has 0 aliphatic rings. The number of thiocarbonyl (C=S) groups is 2. The molecule has 108 valence electrons. The molecule has 0 saturated heterocycles. The van der Waals surface area contributed by atoms with Crippen LogP contribution in [-0.2, 0) is 0 Å². The molecule has 0 bridgehead atoms. The van der Waals surface area contributed by atoms with Gasteiger partial charge in [-0.15, -0.1) is 0 Å². The van der Waals surface area contributed by atoms with Crippen LogP contribution < -0.4 is 20.9 Å². The number of hydrogen-bond donors (Lipinski definition) is 2. The van der Waals surface area contributed by atoms with Crippen LogP contribution in [0.5, 0.6) is 11.5 Å². The van der Waals surface area contributed by atoms with E-state index in [4.69, 9.17) is 20.9 Å². The van der Waals surface area contributed by atoms with E-state index in [1.54, 1.807) is 24.3 Å². The molecule has 21 heavy (non-hydrogen) atoms. The second-order valence-corrected chi connectivity index (χ2v) is 4.27. The maximum absolute atomic E-state index is 5.13. The molecule has 0 radical (unpaired) electrons. The van der Waals surface area contributed by atoms with Crippen molar-refractivity contribution in [2.45, 2.75) is 0 Å². The van der Waals surface area contributed by atoms with E-state index in [9.17, 15) is 0 Å². The zero-order valence-electron chi connectivity index (χ0n) is 10.6. The maximum atomic E-state index is 5.13. The summed E-state index contributed by atoms with van der Waals surface area (Å²) in [5.41, 5.74) is 10.3. The van der Waals surface area contributed by atoms with Crippen LogP contribution in [0, 0.1) is 0 Å². The van der Waals surface area contributed by atoms with Crippen LogP contribution in [0.1, 0.15) is 0 Å². The van der Waals surface area contributed by atoms with E-state index in [0.717, 1.165) is 0 Å². The van der Waals surface area contributed by atoms with Gasteiger partial charge in [0.1, 0.15) is 11.5 Å². The Morgan fingerprint density at radius 2 is 0.952 bits per heavy atom. The molecular weight excluding hydrogens is 332 g/mol. The molecule has 0 amide bonds. The molecule has 4 N–H and O–H groups in total. The van der Waals surface area contributed by atoms with Crippen LogP contribution >= 0.6 is 24.4 Å². The van der Waals surface area contributed by atoms with Crippen LogP contribution in [0.15, 0.2) is 60.7 Å². The summed E-state index contributed by atoms with van der Waals surface area (Å²) in [5, 5.41) is 0.0948. The average Bonchev–Trinajstić information content (AvgIpc) is 2.40. The van der Waals surface area contributed by atoms with Gasteiger partial charge in [-0.25, -0.2) is 0 Å². The van der Waals surface area contributed by atoms with Gasteiger partial charge < -0.3 is 20.9 Å². The van der Waals surface area contributed by atoms with Crippen molar-refractivity contribution >= 4 is 72.5 Å². The molecular formula is C14H16CaN2O2S2. The van der Waals surface area contributed by atoms with Gasteiger partial charge in [0.2, 0.25) is 0 Å². The first-order valence-electron chi connectivity index (χ1n) is 5.62. The van der Waals surface area contributed by atoms with Gasteiger partial charge in [0, 0.05) is 0 Å². The molecule has 2 rings (SSSR count). The van der Waals surface area contributed by atoms with Gasteiger partial charge in [0.15, 0.2) is 0 Å². The van der Waals surface area contributed by atoms with Gasteiger partial charge in [0.25, 0.3) is 10.3 Å². The molecule has 2 aromatic rings. The molecule has 0 atom stereocenters. The van der Waals surface area contributed by atoms with Crippen LogP contribution in [0.2, 0.25) is 0 Å². The van der Waals surface area contributed by atoms with E-state index in [-0.39, 0.29) is 48.1 Å². The van der Waals surface area contributed by atoms with E-state index in [1.165, 1.54) is 0 Å². The summed E-state index contributed by atoms with van der Waals surface area (Å²) in [4.78, 5) is 0. The summed E-state index contributed by atoms with van der Waals surface area (Å²) in [7, 11) is 0. The predicted molar refractivity (Wildman–Crippen MR) is 96.3 cm³/mol. The van der Waals surface area contributed by atoms with Gasteiger partial charge in [-0.2, -0.15) is 0 Å². The van der Waals surface area contributed by atoms with Crippen molar-refractivity contribution in [2.75, 3.05) is 0 Å². The molecule has 0 aromatic heterocycles. The third-order valence-corrected chi connectivity index (χ3v) is 2.09. The minimum absolute atomic E-state index is 0. The Labute approximate surface area is 164 Å². The van der Waals surface area contributed by atoms with Crippen molar-refractivity contribution in [3.05, 3.63) is 60.7 Å². The van der Waals surface area contributed by atoms with Gasteiger partial charge in [-0.3, -0.25) is 0 Å². The van der Waals surface area contributed by atoms with E-state index in [0.29, 0.717) is 11.5 Å². The minimum atomic E-state index is 0. The molecule has 0 aliphatic carbocycles. The normalized spacial score (nSPS) is 8.38. The van der Waals surface area contributed by atoms with Gasteiger partial charge >= 0.3 is 37.7 Å². The molecule has 4 nitrogen and oxygen atoms in total. The molecule has 0 saturated carbocycles. The zero-order valence-corrected chi connectivity index (χ0v) is 12.2. The SMILES string of the molecule is NC(=S)Oc1ccccc1.NC(=S)Oc1ccccc1.[CaH2]. The molecule has 0 unspecified atom stereocenters. The summed E-state index contributed by atoms with van der Waals surface area (Å²) in [6.45, 7) is 0. The first-order valence-corrected chi connectivity index (χ1v) is 6.44. The summed E-state index contributed by atoms with van der Waals surface area (Å²) in [6.07, 6.45) is 0. The molecule has 0 spiro atoms. The van der Waals surface area contributed by atoms with Crippen molar-refractivity contribution < 1.29 is 9.47 Å². The fraction of sp³-hybridized carbons (Fsp3) is 0. The third kappa shape index (κ3) is 10.4. The number of hydrogen-bond acceptors (Lipinski definition) is 4. The van der Waals surface area contributed by atoms with Crippen molar-refractivity contribution in [2.24, 2.45) is 11.5 Å². The fourth-order valence-electron chi connectivity index (χ4n) is 1.21. The number of ether oxygens (including phenoxy) is 2. The summed E-state index contributed by atoms with van der Waals surface area (Å²) in [6, 6.07) is 18.4. The topological polar surface area (TPSA) is 70.5 Å². The predicted octanol–water partition coefficient (Wildman–Crippen LogP) is 1.70. The summed E-state index contributed by atoms with van der Waals surface area (Å²) in [5.74, 6) is 1.35. The Balaban J connectivity index is 0.000000364. The third-order valence-electron chi connectivity index (χ3n) is 1.92. The van der Waals surface area contributed by atoms with E-state index >= 15 is 0 Å². The van der Waals surface area contributed by atoms with Crippen molar-refractivity contribution in [3.8, 4) is 11.5 Å². The molecule has 0 heterocycles. The van der Waals surface area contributed by atoms with E-state index in [2.05, 4.69) is 24.4 Å². The van der Waals surface area contributed by atoms with Gasteiger partial charge in [-0.05, 0) is 48.7 Å². The van der Waals surface area contributed by atoms with E-state index in [1.807, 2.05) is 36.4 Å². The number of benzene rings is 2. The average molecular weight is 349 g/mol. The Bertz CT molecular complexity index is 502. The molecule has 0 aliphatic heterocycles. The summed E-state index contributed by atoms with van der Waals surface area (Å²) >= 11 is 9.07. The molecule has 2 aromatic carbocycles. The second-order valence-electron chi connectivity index (χ2n) is 3.47. The first-order chi connectivity index (χ1) is 9.58. The first kappa shape index (κ1) is 20.1. The zero-order chi connectivity index (χ0) is 14.8. The Kier molecular flexibility index (Phi) is 11.2. The van der Waals surface area contributed by atoms with Crippen molar-refractivity contribution in [1.29, 1.82) is 0 Å². The van der Waals surface area contributed by atoms with Crippen LogP contribution in [0.25, 0.3) is 0 Å². The number of rotatable bonds is 2. The monoisotopic (exact) mass is 348 g/mol. The second kappa shape index (κ2) is 11.7. The van der Waals surface area contributed by atoms with Crippen LogP contribution in [0.4, 0.5) is 0 Å². The fourth-order valence-corrected chi connectivity index (χ4v) is 1.40. The summed E-state index contributed by atoms with van der Waals surface area (Å²) < 4.78 is 9.85. The van der Waals surface area contributed by atoms with Crippen molar-refractivity contribution in [3.63, 3.8) is 0 Å².